The Bertz CT molecular complexity index is 471. The number of nitrogens with zero attached hydrogens (tertiary/aromatic N) is 1. The second-order valence-corrected chi connectivity index (χ2v) is 5.29. The predicted molar refractivity (Wildman–Crippen MR) is 73.3 cm³/mol. The molecule has 2 rings (SSSR count). The Morgan fingerprint density at radius 2 is 2.05 bits per heavy atom. The molecule has 0 bridgehead atoms. The highest BCUT2D eigenvalue weighted by atomic mass is 19.1. The van der Waals surface area contributed by atoms with Gasteiger partial charge in [0.05, 0.1) is 6.42 Å². The van der Waals surface area contributed by atoms with Crippen LogP contribution in [-0.4, -0.2) is 37.5 Å². The number of amides is 1. The molecular formula is C15H20F2N2O. The van der Waals surface area contributed by atoms with E-state index in [0.29, 0.717) is 19.0 Å². The van der Waals surface area contributed by atoms with Gasteiger partial charge in [0, 0.05) is 18.7 Å². The van der Waals surface area contributed by atoms with Crippen molar-refractivity contribution in [3.8, 4) is 0 Å². The number of likely N-dealkylation sites (tertiary alicyclic amines) is 1. The van der Waals surface area contributed by atoms with Crippen molar-refractivity contribution in [1.29, 1.82) is 0 Å². The first-order valence-electron chi connectivity index (χ1n) is 6.96. The number of hydrogen-bond acceptors (Lipinski definition) is 2. The Hall–Kier alpha value is -1.49. The molecule has 0 spiro atoms. The molecule has 1 fully saturated rings. The van der Waals surface area contributed by atoms with E-state index in [2.05, 4.69) is 5.32 Å². The molecule has 0 saturated carbocycles. The summed E-state index contributed by atoms with van der Waals surface area (Å²) in [6.07, 6.45) is 1.84. The van der Waals surface area contributed by atoms with E-state index in [1.54, 1.807) is 4.90 Å². The number of carbonyl (C=O) groups is 1. The highest BCUT2D eigenvalue weighted by Crippen LogP contribution is 2.18. The number of piperidine rings is 1. The molecule has 110 valence electrons. The maximum Gasteiger partial charge on any atom is 0.227 e. The number of carbonyl (C=O) groups excluding carboxylic acids is 1. The Labute approximate surface area is 118 Å². The van der Waals surface area contributed by atoms with Gasteiger partial charge in [0.25, 0.3) is 0 Å². The van der Waals surface area contributed by atoms with E-state index in [1.165, 1.54) is 0 Å². The molecule has 0 aliphatic carbocycles. The fraction of sp³-hybridized carbons (Fsp3) is 0.533. The number of rotatable bonds is 4. The summed E-state index contributed by atoms with van der Waals surface area (Å²) in [7, 11) is 1.92. The third kappa shape index (κ3) is 3.76. The molecule has 0 unspecified atom stereocenters. The van der Waals surface area contributed by atoms with Crippen LogP contribution in [0.2, 0.25) is 0 Å². The summed E-state index contributed by atoms with van der Waals surface area (Å²) in [5, 5.41) is 3.14. The van der Waals surface area contributed by atoms with E-state index < -0.39 is 11.6 Å². The van der Waals surface area contributed by atoms with Gasteiger partial charge in [-0.15, -0.1) is 0 Å². The van der Waals surface area contributed by atoms with E-state index in [9.17, 15) is 13.6 Å². The van der Waals surface area contributed by atoms with Crippen LogP contribution in [0.3, 0.4) is 0 Å². The zero-order valence-corrected chi connectivity index (χ0v) is 11.7. The molecule has 1 N–H and O–H groups in total. The molecule has 1 heterocycles. The Kier molecular flexibility index (Phi) is 5.06. The minimum atomic E-state index is -0.523. The summed E-state index contributed by atoms with van der Waals surface area (Å²) in [5.74, 6) is -0.570. The third-order valence-corrected chi connectivity index (χ3v) is 3.81. The van der Waals surface area contributed by atoms with Gasteiger partial charge in [-0.05, 0) is 50.6 Å². The lowest BCUT2D eigenvalue weighted by molar-refractivity contribution is -0.131. The highest BCUT2D eigenvalue weighted by molar-refractivity contribution is 5.78. The van der Waals surface area contributed by atoms with Crippen molar-refractivity contribution < 1.29 is 13.6 Å². The average Bonchev–Trinajstić information content (AvgIpc) is 2.44. The van der Waals surface area contributed by atoms with Gasteiger partial charge >= 0.3 is 0 Å². The lowest BCUT2D eigenvalue weighted by Gasteiger charge is -2.32. The van der Waals surface area contributed by atoms with Gasteiger partial charge in [-0.2, -0.15) is 0 Å². The smallest absolute Gasteiger partial charge is 0.227 e. The molecule has 1 aromatic rings. The van der Waals surface area contributed by atoms with Gasteiger partial charge in [-0.25, -0.2) is 8.78 Å². The fourth-order valence-electron chi connectivity index (χ4n) is 2.63. The minimum Gasteiger partial charge on any atom is -0.342 e. The summed E-state index contributed by atoms with van der Waals surface area (Å²) in [6.45, 7) is 2.35. The van der Waals surface area contributed by atoms with Crippen LogP contribution in [0.15, 0.2) is 18.2 Å². The summed E-state index contributed by atoms with van der Waals surface area (Å²) in [5.41, 5.74) is 0.132. The van der Waals surface area contributed by atoms with Crippen molar-refractivity contribution in [2.75, 3.05) is 26.7 Å². The standard InChI is InChI=1S/C15H20F2N2O/c1-18-10-11-4-6-19(7-5-11)15(20)9-12-8-13(16)2-3-14(12)17/h2-3,8,11,18H,4-7,9-10H2,1H3. The lowest BCUT2D eigenvalue weighted by Crippen LogP contribution is -2.41. The van der Waals surface area contributed by atoms with Crippen molar-refractivity contribution in [2.45, 2.75) is 19.3 Å². The first kappa shape index (κ1) is 14.9. The van der Waals surface area contributed by atoms with E-state index in [4.69, 9.17) is 0 Å². The molecule has 1 aliphatic heterocycles. The topological polar surface area (TPSA) is 32.3 Å². The fourth-order valence-corrected chi connectivity index (χ4v) is 2.63. The van der Waals surface area contributed by atoms with E-state index in [0.717, 1.165) is 37.6 Å². The lowest BCUT2D eigenvalue weighted by atomic mass is 9.96. The molecule has 1 aliphatic rings. The maximum atomic E-state index is 13.5. The van der Waals surface area contributed by atoms with Crippen LogP contribution >= 0.6 is 0 Å². The zero-order chi connectivity index (χ0) is 14.5. The predicted octanol–water partition coefficient (Wildman–Crippen LogP) is 1.97. The first-order valence-corrected chi connectivity index (χ1v) is 6.96. The molecule has 1 saturated heterocycles. The van der Waals surface area contributed by atoms with Gasteiger partial charge < -0.3 is 10.2 Å². The van der Waals surface area contributed by atoms with Crippen molar-refractivity contribution in [1.82, 2.24) is 10.2 Å². The molecule has 1 amide bonds. The van der Waals surface area contributed by atoms with Crippen LogP contribution < -0.4 is 5.32 Å². The van der Waals surface area contributed by atoms with Crippen molar-refractivity contribution in [3.63, 3.8) is 0 Å². The van der Waals surface area contributed by atoms with Crippen LogP contribution in [0.5, 0.6) is 0 Å². The van der Waals surface area contributed by atoms with Crippen LogP contribution in [-0.2, 0) is 11.2 Å². The van der Waals surface area contributed by atoms with Crippen LogP contribution in [0, 0.1) is 17.6 Å². The second kappa shape index (κ2) is 6.79. The summed E-state index contributed by atoms with van der Waals surface area (Å²) in [4.78, 5) is 13.9. The van der Waals surface area contributed by atoms with Gasteiger partial charge in [-0.1, -0.05) is 0 Å². The quantitative estimate of drug-likeness (QED) is 0.915. The Balaban J connectivity index is 1.91. The Morgan fingerprint density at radius 1 is 1.35 bits per heavy atom. The molecule has 1 aromatic carbocycles. The maximum absolute atomic E-state index is 13.5. The van der Waals surface area contributed by atoms with Gasteiger partial charge in [-0.3, -0.25) is 4.79 Å². The second-order valence-electron chi connectivity index (χ2n) is 5.29. The summed E-state index contributed by atoms with van der Waals surface area (Å²) in [6, 6.07) is 3.23. The van der Waals surface area contributed by atoms with Crippen LogP contribution in [0.25, 0.3) is 0 Å². The van der Waals surface area contributed by atoms with E-state index in [1.807, 2.05) is 7.05 Å². The molecule has 0 aromatic heterocycles. The molecule has 3 nitrogen and oxygen atoms in total. The molecule has 5 heteroatoms. The van der Waals surface area contributed by atoms with Gasteiger partial charge in [0.2, 0.25) is 5.91 Å². The van der Waals surface area contributed by atoms with E-state index >= 15 is 0 Å². The zero-order valence-electron chi connectivity index (χ0n) is 11.7. The van der Waals surface area contributed by atoms with E-state index in [-0.39, 0.29) is 17.9 Å². The normalized spacial score (nSPS) is 16.4. The van der Waals surface area contributed by atoms with Crippen LogP contribution in [0.4, 0.5) is 8.78 Å². The summed E-state index contributed by atoms with van der Waals surface area (Å²) >= 11 is 0. The largest absolute Gasteiger partial charge is 0.342 e. The van der Waals surface area contributed by atoms with Crippen molar-refractivity contribution in [2.24, 2.45) is 5.92 Å². The highest BCUT2D eigenvalue weighted by Gasteiger charge is 2.23. The first-order chi connectivity index (χ1) is 9.60. The summed E-state index contributed by atoms with van der Waals surface area (Å²) < 4.78 is 26.6. The van der Waals surface area contributed by atoms with Crippen molar-refractivity contribution in [3.05, 3.63) is 35.4 Å². The molecular weight excluding hydrogens is 262 g/mol. The molecule has 0 radical (unpaired) electrons. The number of hydrogen-bond donors (Lipinski definition) is 1. The number of halogens is 2. The van der Waals surface area contributed by atoms with Gasteiger partial charge in [0.15, 0.2) is 0 Å². The monoisotopic (exact) mass is 282 g/mol. The van der Waals surface area contributed by atoms with Crippen molar-refractivity contribution >= 4 is 5.91 Å². The van der Waals surface area contributed by atoms with Gasteiger partial charge in [0.1, 0.15) is 11.6 Å². The van der Waals surface area contributed by atoms with Crippen LogP contribution in [0.1, 0.15) is 18.4 Å². The number of nitrogens with one attached hydrogen (secondary N) is 1. The average molecular weight is 282 g/mol. The third-order valence-electron chi connectivity index (χ3n) is 3.81. The SMILES string of the molecule is CNCC1CCN(C(=O)Cc2cc(F)ccc2F)CC1. The minimum absolute atomic E-state index is 0.0692. The molecule has 0 atom stereocenters. The molecule has 20 heavy (non-hydrogen) atoms. The Morgan fingerprint density at radius 3 is 2.70 bits per heavy atom. The number of benzene rings is 1.